The van der Waals surface area contributed by atoms with E-state index < -0.39 is 34.6 Å². The Balaban J connectivity index is 0.000000310. The maximum atomic E-state index is 13.2. The number of phenols is 1. The van der Waals surface area contributed by atoms with Gasteiger partial charge in [0.2, 0.25) is 35.0 Å². The first-order valence-electron chi connectivity index (χ1n) is 46.0. The van der Waals surface area contributed by atoms with Crippen molar-refractivity contribution in [2.75, 3.05) is 191 Å². The molecule has 4 saturated heterocycles. The Morgan fingerprint density at radius 3 is 1.19 bits per heavy atom. The molecule has 144 heavy (non-hydrogen) atoms. The van der Waals surface area contributed by atoms with Gasteiger partial charge in [0.1, 0.15) is 86.4 Å². The van der Waals surface area contributed by atoms with Crippen LogP contribution in [0.4, 0.5) is 43.1 Å². The number of carbonyl (C=O) groups is 9. The van der Waals surface area contributed by atoms with Crippen LogP contribution in [0.15, 0.2) is 175 Å². The molecule has 4 aliphatic heterocycles. The van der Waals surface area contributed by atoms with Crippen LogP contribution in [0.1, 0.15) is 106 Å². The average Bonchev–Trinajstić information content (AvgIpc) is 1.33. The minimum atomic E-state index is -0.570. The summed E-state index contributed by atoms with van der Waals surface area (Å²) in [6, 6.07) is 52.5. The molecule has 0 atom stereocenters. The number of isocyanates is 1. The summed E-state index contributed by atoms with van der Waals surface area (Å²) in [6.45, 7) is 36.7. The summed E-state index contributed by atoms with van der Waals surface area (Å²) < 4.78 is 50.8. The number of aromatic nitrogens is 4. The smallest absolute Gasteiger partial charge is 0.870 e. The van der Waals surface area contributed by atoms with Crippen molar-refractivity contribution < 1.29 is 146 Å². The first kappa shape index (κ1) is 123. The molecule has 14 rings (SSSR count). The molecule has 10 aromatic rings. The number of phenolic OH excluding ortho intramolecular Hbond substituents is 1. The second-order valence-electron chi connectivity index (χ2n) is 36.0. The summed E-state index contributed by atoms with van der Waals surface area (Å²) in [5, 5.41) is 62.6. The molecule has 0 unspecified atom stereocenters. The van der Waals surface area contributed by atoms with Crippen LogP contribution in [0.3, 0.4) is 0 Å². The Hall–Kier alpha value is -11.9. The quantitative estimate of drug-likeness (QED) is 0.00280. The zero-order chi connectivity index (χ0) is 104. The number of halogens is 3. The van der Waals surface area contributed by atoms with Gasteiger partial charge in [-0.1, -0.05) is 150 Å². The summed E-state index contributed by atoms with van der Waals surface area (Å²) in [6.07, 6.45) is 0.571. The molecule has 776 valence electrons. The number of fused-ring (bicyclic) bond motifs is 3. The van der Waals surface area contributed by atoms with Gasteiger partial charge in [0.25, 0.3) is 0 Å². The SMILES string of the molecule is CC(C)(C)OC(=O)Nc1ccc(O)c2ccccc12.CC(C)(C)OC(=O)Nc1ccc(OCCN2CCOCC2=O)c2ccccc12.Cc1ccc(-n2nc(C(C)(C)C)cc2N=C=O)cc1.Cc1ccc(-n2nc(C(C)(C)C)cc2NC(=O)Nc2ccc(OCCN3CCOCC3=O)c3ccccc23)cc1.O=C(CCl)OCCN1CCOCC1=O.O=C(Cl)CCl.O=C1COCCN1CCO.OCCNCCO.[Na+].[OH-]. The normalized spacial score (nSPS) is 13.4. The Morgan fingerprint density at radius 1 is 0.458 bits per heavy atom. The molecule has 10 N–H and O–H groups in total. The predicted molar refractivity (Wildman–Crippen MR) is 548 cm³/mol. The van der Waals surface area contributed by atoms with E-state index in [1.165, 1.54) is 5.56 Å². The topological polar surface area (TPSA) is 486 Å². The number of carbonyl (C=O) groups excluding carboxylic acids is 10. The molecule has 4 fully saturated rings. The van der Waals surface area contributed by atoms with Crippen LogP contribution in [-0.2, 0) is 77.5 Å². The Labute approximate surface area is 875 Å². The summed E-state index contributed by atoms with van der Waals surface area (Å²) in [7, 11) is 0. The molecular weight excluding hydrogens is 1930 g/mol. The fourth-order valence-electron chi connectivity index (χ4n) is 13.4. The van der Waals surface area contributed by atoms with Gasteiger partial charge in [0.15, 0.2) is 5.82 Å². The summed E-state index contributed by atoms with van der Waals surface area (Å²) >= 11 is 14.8. The van der Waals surface area contributed by atoms with Crippen LogP contribution in [0, 0.1) is 13.8 Å². The van der Waals surface area contributed by atoms with E-state index in [4.69, 9.17) is 97.9 Å². The van der Waals surface area contributed by atoms with Crippen molar-refractivity contribution in [1.82, 2.24) is 44.5 Å². The van der Waals surface area contributed by atoms with Crippen LogP contribution in [0.5, 0.6) is 17.2 Å². The molecule has 8 amide bonds. The molecule has 42 heteroatoms. The molecule has 0 spiro atoms. The first-order valence-corrected chi connectivity index (χ1v) is 47.4. The second-order valence-corrected chi connectivity index (χ2v) is 37.0. The number of hydrogen-bond donors (Lipinski definition) is 9. The third-order valence-corrected chi connectivity index (χ3v) is 21.2. The zero-order valence-corrected chi connectivity index (χ0v) is 88.5. The maximum Gasteiger partial charge on any atom is 1.00 e. The van der Waals surface area contributed by atoms with Gasteiger partial charge in [-0.15, -0.1) is 28.2 Å². The predicted octanol–water partition coefficient (Wildman–Crippen LogP) is 11.1. The van der Waals surface area contributed by atoms with E-state index in [2.05, 4.69) is 78.2 Å². The summed E-state index contributed by atoms with van der Waals surface area (Å²) in [4.78, 5) is 124. The van der Waals surface area contributed by atoms with Crippen molar-refractivity contribution in [3.05, 3.63) is 192 Å². The minimum absolute atomic E-state index is 0. The number of morpholine rings is 4. The van der Waals surface area contributed by atoms with E-state index >= 15 is 0 Å². The van der Waals surface area contributed by atoms with Crippen LogP contribution in [-0.4, -0.2) is 305 Å². The van der Waals surface area contributed by atoms with Crippen LogP contribution in [0.2, 0.25) is 0 Å². The largest absolute Gasteiger partial charge is 1.00 e. The Morgan fingerprint density at radius 2 is 0.819 bits per heavy atom. The van der Waals surface area contributed by atoms with Gasteiger partial charge in [-0.05, 0) is 128 Å². The van der Waals surface area contributed by atoms with Gasteiger partial charge in [0, 0.05) is 101 Å². The number of urea groups is 1. The number of ether oxygens (including phenoxy) is 9. The van der Waals surface area contributed by atoms with Gasteiger partial charge >= 0.3 is 53.7 Å². The molecule has 6 heterocycles. The van der Waals surface area contributed by atoms with E-state index in [0.717, 1.165) is 55.3 Å². The van der Waals surface area contributed by atoms with Crippen LogP contribution in [0.25, 0.3) is 43.7 Å². The number of amides is 8. The summed E-state index contributed by atoms with van der Waals surface area (Å²) in [5.41, 5.74) is 6.35. The van der Waals surface area contributed by atoms with E-state index in [0.29, 0.717) is 151 Å². The monoisotopic (exact) mass is 2060 g/mol. The summed E-state index contributed by atoms with van der Waals surface area (Å²) in [5.74, 6) is 1.80. The Kier molecular flexibility index (Phi) is 52.8. The van der Waals surface area contributed by atoms with Gasteiger partial charge in [0.05, 0.1) is 112 Å². The third kappa shape index (κ3) is 42.4. The fraction of sp³-hybridized carbons (Fsp3) is 0.431. The number of β-amino-alcohol motifs (C(OH)–C–C–N with tert-alkyl or cyclic N) is 1. The number of alkyl halides is 2. The maximum absolute atomic E-state index is 13.2. The van der Waals surface area contributed by atoms with Crippen molar-refractivity contribution in [3.63, 3.8) is 0 Å². The number of benzene rings is 8. The molecule has 4 aliphatic rings. The first-order chi connectivity index (χ1) is 67.6. The van der Waals surface area contributed by atoms with Gasteiger partial charge in [-0.3, -0.25) is 44.7 Å². The van der Waals surface area contributed by atoms with E-state index in [-0.39, 0.29) is 146 Å². The number of rotatable bonds is 26. The van der Waals surface area contributed by atoms with E-state index in [1.54, 1.807) is 59.3 Å². The number of anilines is 4. The van der Waals surface area contributed by atoms with Gasteiger partial charge < -0.3 is 98.8 Å². The third-order valence-electron chi connectivity index (χ3n) is 20.4. The van der Waals surface area contributed by atoms with E-state index in [9.17, 15) is 53.1 Å². The number of hydrogen-bond acceptors (Lipinski definition) is 28. The number of nitrogens with zero attached hydrogens (tertiary/aromatic N) is 9. The molecule has 38 nitrogen and oxygen atoms in total. The van der Waals surface area contributed by atoms with Crippen molar-refractivity contribution in [2.45, 2.75) is 119 Å². The molecule has 0 bridgehead atoms. The number of aliphatic hydroxyl groups excluding tert-OH is 3. The van der Waals surface area contributed by atoms with Crippen LogP contribution >= 0.6 is 34.8 Å². The molecular formula is C102H132Cl3N14NaO24. The van der Waals surface area contributed by atoms with Crippen LogP contribution < -0.4 is 65.6 Å². The number of esters is 1. The second kappa shape index (κ2) is 62.0. The van der Waals surface area contributed by atoms with Gasteiger partial charge in [-0.25, -0.2) is 28.5 Å². The molecule has 8 aromatic carbocycles. The van der Waals surface area contributed by atoms with Crippen molar-refractivity contribution in [1.29, 1.82) is 0 Å². The number of aliphatic imine (C=N–C) groups is 1. The molecule has 0 radical (unpaired) electrons. The van der Waals surface area contributed by atoms with Crippen molar-refractivity contribution >= 4 is 155 Å². The minimum Gasteiger partial charge on any atom is -0.870 e. The average molecular weight is 2070 g/mol. The van der Waals surface area contributed by atoms with Crippen molar-refractivity contribution in [2.24, 2.45) is 4.99 Å². The number of aromatic hydroxyl groups is 1. The number of aliphatic hydroxyl groups is 3. The zero-order valence-electron chi connectivity index (χ0n) is 84.2. The molecule has 0 aliphatic carbocycles. The number of aryl methyl sites for hydroxylation is 2. The Bertz CT molecular complexity index is 5820. The number of nitrogens with one attached hydrogen (secondary N) is 5. The fourth-order valence-corrected chi connectivity index (χ4v) is 13.4. The molecule has 2 aromatic heterocycles. The molecule has 0 saturated carbocycles. The van der Waals surface area contributed by atoms with Crippen molar-refractivity contribution in [3.8, 4) is 28.6 Å². The van der Waals surface area contributed by atoms with Gasteiger partial charge in [-0.2, -0.15) is 10.2 Å². The standard InChI is InChI=1S/C31H35N5O4.C21H26N2O5.C15H17N3O.C15H17NO3.C8H12ClNO4.C6H11NO3.C4H11NO2.C2H2Cl2O.Na.H2O/c1-21-9-11-22(12-10-21)36-28(19-27(34-36)31(2,3)4)33-30(38)32-25-13-14-26(24-8-6-5-7-23(24)25)40-18-16-35-15-17-39-20-29(35)37;1-21(2,3)28-20(25)22-17-8-9-18(16-7-5-4-6-15(16)17)27-13-11-23-10-12-26-14-19(23)24;1-11-5-7-12(8-6-11)18-14(16-10-19)9-13(17-18)15(2,3)4;1-15(2,3)19-14(18)16-12-8-9-13(17)11-7-5-4-6-10(11)12;9-5-8(12)14-4-2-10-1-3-13-6-7(10)11;8-3-1-7-2-4-10-5-6(7)9;6-3-1-5-2-4-7;3-1-2(4)5;;/h5-14,19H,15-18,20H2,1-4H3,(H2,32,33,38);4-9H,10-14H2,1-3H3,(H,22,25);5-9H,1-4H3;4-9,17H,1-3H3,(H,16,18);1-6H2;8H,1-5H2;5-7H,1-4H2;1H2;;1H2/q;;;;;;;;+1;/p-1. The van der Waals surface area contributed by atoms with E-state index in [1.807, 2.05) is 201 Å².